The maximum absolute atomic E-state index is 11.0. The predicted molar refractivity (Wildman–Crippen MR) is 85.3 cm³/mol. The molecule has 0 saturated carbocycles. The van der Waals surface area contributed by atoms with Crippen molar-refractivity contribution in [2.45, 2.75) is 12.8 Å². The van der Waals surface area contributed by atoms with Crippen molar-refractivity contribution >= 4 is 40.2 Å². The van der Waals surface area contributed by atoms with Crippen LogP contribution < -0.4 is 16.8 Å². The van der Waals surface area contributed by atoms with E-state index in [-0.39, 0.29) is 5.03 Å². The van der Waals surface area contributed by atoms with E-state index < -0.39 is 11.9 Å². The van der Waals surface area contributed by atoms with Gasteiger partial charge in [0.15, 0.2) is 0 Å². The molecule has 5 N–H and O–H groups in total. The van der Waals surface area contributed by atoms with Crippen LogP contribution in [0.2, 0.25) is 5.02 Å². The van der Waals surface area contributed by atoms with Gasteiger partial charge in [-0.1, -0.05) is 41.6 Å². The highest BCUT2D eigenvalue weighted by molar-refractivity contribution is 8.11. The van der Waals surface area contributed by atoms with Crippen molar-refractivity contribution in [3.8, 4) is 0 Å². The second-order valence-electron chi connectivity index (χ2n) is 4.38. The van der Waals surface area contributed by atoms with Crippen LogP contribution >= 0.6 is 23.4 Å². The Kier molecular flexibility index (Phi) is 4.93. The quantitative estimate of drug-likeness (QED) is 0.742. The molecule has 5 nitrogen and oxygen atoms in total. The lowest BCUT2D eigenvalue weighted by Crippen LogP contribution is -2.28. The van der Waals surface area contributed by atoms with E-state index in [9.17, 15) is 9.59 Å². The molecule has 110 valence electrons. The molecular weight excluding hydrogens is 310 g/mol. The Morgan fingerprint density at radius 2 is 2.10 bits per heavy atom. The third-order valence-corrected chi connectivity index (χ3v) is 4.17. The summed E-state index contributed by atoms with van der Waals surface area (Å²) in [5, 5.41) is 3.29. The molecule has 0 heterocycles. The number of nitrogens with two attached hydrogens (primary N) is 2. The van der Waals surface area contributed by atoms with Gasteiger partial charge in [-0.3, -0.25) is 4.79 Å². The molecule has 3 amide bonds. The zero-order valence-corrected chi connectivity index (χ0v) is 12.6. The average molecular weight is 324 g/mol. The lowest BCUT2D eigenvalue weighted by molar-refractivity contribution is -0.113. The molecule has 0 spiro atoms. The van der Waals surface area contributed by atoms with Crippen LogP contribution in [0, 0.1) is 0 Å². The van der Waals surface area contributed by atoms with E-state index in [4.69, 9.17) is 23.1 Å². The Bertz CT molecular complexity index is 656. The highest BCUT2D eigenvalue weighted by atomic mass is 35.5. The maximum Gasteiger partial charge on any atom is 0.317 e. The number of rotatable bonds is 4. The number of aryl methyl sites for hydroxylation is 1. The minimum absolute atomic E-state index is 0.272. The van der Waals surface area contributed by atoms with Gasteiger partial charge in [0.1, 0.15) is 0 Å². The zero-order valence-electron chi connectivity index (χ0n) is 11.1. The Morgan fingerprint density at radius 1 is 1.33 bits per heavy atom. The molecule has 1 aliphatic rings. The highest BCUT2D eigenvalue weighted by Crippen LogP contribution is 2.41. The predicted octanol–water partition coefficient (Wildman–Crippen LogP) is 2.36. The fraction of sp³-hybridized carbons (Fsp3) is 0.143. The van der Waals surface area contributed by atoms with Gasteiger partial charge in [-0.25, -0.2) is 4.79 Å². The average Bonchev–Trinajstić information content (AvgIpc) is 2.37. The number of hydrogen-bond donors (Lipinski definition) is 3. The minimum Gasteiger partial charge on any atom is -0.366 e. The van der Waals surface area contributed by atoms with Crippen molar-refractivity contribution in [2.24, 2.45) is 11.5 Å². The Hall–Kier alpha value is -1.92. The van der Waals surface area contributed by atoms with Crippen LogP contribution in [-0.2, 0) is 11.2 Å². The summed E-state index contributed by atoms with van der Waals surface area (Å²) in [4.78, 5) is 22.9. The second kappa shape index (κ2) is 6.69. The van der Waals surface area contributed by atoms with E-state index in [1.165, 1.54) is 11.8 Å². The number of carbonyl (C=O) groups is 2. The number of allylic oxidation sites excluding steroid dienone is 1. The minimum atomic E-state index is -0.759. The van der Waals surface area contributed by atoms with Crippen LogP contribution in [0.25, 0.3) is 4.91 Å². The van der Waals surface area contributed by atoms with E-state index in [2.05, 4.69) is 5.32 Å². The molecule has 1 aliphatic carbocycles. The molecule has 0 radical (unpaired) electrons. The van der Waals surface area contributed by atoms with Crippen LogP contribution in [-0.4, -0.2) is 11.9 Å². The van der Waals surface area contributed by atoms with Crippen molar-refractivity contribution in [1.82, 2.24) is 5.32 Å². The molecule has 0 aliphatic heterocycles. The first-order valence-corrected chi connectivity index (χ1v) is 7.40. The van der Waals surface area contributed by atoms with Crippen molar-refractivity contribution < 1.29 is 9.59 Å². The first-order chi connectivity index (χ1) is 9.97. The molecule has 0 aromatic heterocycles. The van der Waals surface area contributed by atoms with Gasteiger partial charge in [-0.05, 0) is 24.5 Å². The number of halogens is 1. The van der Waals surface area contributed by atoms with E-state index in [0.29, 0.717) is 5.02 Å². The molecule has 21 heavy (non-hydrogen) atoms. The van der Waals surface area contributed by atoms with E-state index in [1.54, 1.807) is 6.07 Å². The number of carbonyl (C=O) groups excluding carboxylic acids is 2. The molecule has 7 heteroatoms. The lowest BCUT2D eigenvalue weighted by Gasteiger charge is -2.19. The normalized spacial score (nSPS) is 14.1. The van der Waals surface area contributed by atoms with Gasteiger partial charge in [0.05, 0.1) is 5.03 Å². The van der Waals surface area contributed by atoms with Gasteiger partial charge in [-0.2, -0.15) is 0 Å². The summed E-state index contributed by atoms with van der Waals surface area (Å²) in [6, 6.07) is 4.95. The first kappa shape index (κ1) is 15.5. The van der Waals surface area contributed by atoms with Gasteiger partial charge in [-0.15, -0.1) is 0 Å². The first-order valence-electron chi connectivity index (χ1n) is 6.20. The van der Waals surface area contributed by atoms with Gasteiger partial charge in [0.2, 0.25) is 5.91 Å². The van der Waals surface area contributed by atoms with Gasteiger partial charge in [0.25, 0.3) is 0 Å². The number of nitrogens with one attached hydrogen (secondary N) is 1. The van der Waals surface area contributed by atoms with E-state index >= 15 is 0 Å². The maximum atomic E-state index is 11.0. The Labute approximate surface area is 131 Å². The smallest absolute Gasteiger partial charge is 0.317 e. The summed E-state index contributed by atoms with van der Waals surface area (Å²) in [6.07, 6.45) is 4.89. The number of hydrogen-bond acceptors (Lipinski definition) is 3. The van der Waals surface area contributed by atoms with Gasteiger partial charge in [0, 0.05) is 21.6 Å². The van der Waals surface area contributed by atoms with Crippen molar-refractivity contribution in [3.63, 3.8) is 0 Å². The summed E-state index contributed by atoms with van der Waals surface area (Å²) >= 11 is 7.46. The third kappa shape index (κ3) is 4.03. The van der Waals surface area contributed by atoms with Crippen LogP contribution in [0.4, 0.5) is 4.79 Å². The van der Waals surface area contributed by atoms with Gasteiger partial charge >= 0.3 is 6.03 Å². The lowest BCUT2D eigenvalue weighted by atomic mass is 9.97. The fourth-order valence-electron chi connectivity index (χ4n) is 2.07. The molecule has 0 unspecified atom stereocenters. The molecule has 0 fully saturated rings. The molecule has 1 aromatic carbocycles. The number of primary amides is 2. The Morgan fingerprint density at radius 3 is 2.76 bits per heavy atom. The summed E-state index contributed by atoms with van der Waals surface area (Å²) in [5.74, 6) is -0.665. The second-order valence-corrected chi connectivity index (χ2v) is 5.87. The SMILES string of the molecule is NC(=O)/C=C(\NC(N)=O)SC1=CCCc2cccc(Cl)c21. The van der Waals surface area contributed by atoms with Gasteiger partial charge < -0.3 is 16.8 Å². The molecule has 0 bridgehead atoms. The number of amides is 3. The topological polar surface area (TPSA) is 98.2 Å². The van der Waals surface area contributed by atoms with E-state index in [0.717, 1.165) is 34.9 Å². The van der Waals surface area contributed by atoms with Crippen LogP contribution in [0.1, 0.15) is 17.5 Å². The van der Waals surface area contributed by atoms with Crippen molar-refractivity contribution in [3.05, 3.63) is 51.5 Å². The number of benzene rings is 1. The largest absolute Gasteiger partial charge is 0.366 e. The summed E-state index contributed by atoms with van der Waals surface area (Å²) in [5.41, 5.74) is 12.3. The zero-order chi connectivity index (χ0) is 15.4. The third-order valence-electron chi connectivity index (χ3n) is 2.83. The molecule has 2 rings (SSSR count). The van der Waals surface area contributed by atoms with E-state index in [1.807, 2.05) is 18.2 Å². The van der Waals surface area contributed by atoms with Crippen LogP contribution in [0.15, 0.2) is 35.4 Å². The molecule has 0 saturated heterocycles. The highest BCUT2D eigenvalue weighted by Gasteiger charge is 2.18. The molecule has 1 aromatic rings. The standard InChI is InChI=1S/C14H14ClN3O2S/c15-9-5-1-3-8-4-2-6-10(13(8)9)21-12(7-11(16)19)18-14(17)20/h1,3,5-7H,2,4H2,(H2,16,19)(H3,17,18,20)/b12-7+. The van der Waals surface area contributed by atoms with Crippen molar-refractivity contribution in [2.75, 3.05) is 0 Å². The monoisotopic (exact) mass is 323 g/mol. The van der Waals surface area contributed by atoms with Crippen molar-refractivity contribution in [1.29, 1.82) is 0 Å². The number of urea groups is 1. The fourth-order valence-corrected chi connectivity index (χ4v) is 3.53. The summed E-state index contributed by atoms with van der Waals surface area (Å²) in [6.45, 7) is 0. The molecule has 0 atom stereocenters. The summed E-state index contributed by atoms with van der Waals surface area (Å²) in [7, 11) is 0. The number of fused-ring (bicyclic) bond motifs is 1. The van der Waals surface area contributed by atoms with Crippen LogP contribution in [0.3, 0.4) is 0 Å². The number of thioether (sulfide) groups is 1. The summed E-state index contributed by atoms with van der Waals surface area (Å²) < 4.78 is 0. The molecular formula is C14H14ClN3O2S. The van der Waals surface area contributed by atoms with Crippen LogP contribution in [0.5, 0.6) is 0 Å². The Balaban J connectivity index is 2.32.